The molecule has 6 nitrogen and oxygen atoms in total. The van der Waals surface area contributed by atoms with E-state index < -0.39 is 0 Å². The quantitative estimate of drug-likeness (QED) is 0.325. The van der Waals surface area contributed by atoms with Gasteiger partial charge in [-0.15, -0.1) is 24.0 Å². The zero-order valence-corrected chi connectivity index (χ0v) is 17.9. The first-order valence-corrected chi connectivity index (χ1v) is 8.75. The highest BCUT2D eigenvalue weighted by atomic mass is 127. The second-order valence-corrected chi connectivity index (χ2v) is 6.03. The molecular formula is C20H25IN6. The first-order chi connectivity index (χ1) is 12.7. The molecule has 0 saturated carbocycles. The van der Waals surface area contributed by atoms with Crippen LogP contribution in [0, 0.1) is 6.92 Å². The Bertz CT molecular complexity index is 826. The molecule has 7 heteroatoms. The molecule has 2 N–H and O–H groups in total. The summed E-state index contributed by atoms with van der Waals surface area (Å²) in [5.41, 5.74) is 3.55. The molecular weight excluding hydrogens is 451 g/mol. The van der Waals surface area contributed by atoms with E-state index in [2.05, 4.69) is 63.7 Å². The van der Waals surface area contributed by atoms with Crippen molar-refractivity contribution in [2.24, 2.45) is 4.99 Å². The minimum absolute atomic E-state index is 0. The third kappa shape index (κ3) is 6.35. The molecule has 2 aromatic heterocycles. The van der Waals surface area contributed by atoms with Crippen LogP contribution in [0.25, 0.3) is 5.82 Å². The van der Waals surface area contributed by atoms with Crippen molar-refractivity contribution in [1.29, 1.82) is 0 Å². The number of halogens is 1. The van der Waals surface area contributed by atoms with Gasteiger partial charge in [-0.1, -0.05) is 35.9 Å². The molecule has 0 fully saturated rings. The molecule has 1 aromatic carbocycles. The maximum absolute atomic E-state index is 4.64. The zero-order valence-electron chi connectivity index (χ0n) is 15.6. The first-order valence-electron chi connectivity index (χ1n) is 8.75. The third-order valence-electron chi connectivity index (χ3n) is 3.92. The number of rotatable bonds is 6. The summed E-state index contributed by atoms with van der Waals surface area (Å²) < 4.78 is 1.88. The van der Waals surface area contributed by atoms with Crippen LogP contribution in [0.3, 0.4) is 0 Å². The van der Waals surface area contributed by atoms with E-state index in [9.17, 15) is 0 Å². The Morgan fingerprint density at radius 3 is 2.48 bits per heavy atom. The first kappa shape index (κ1) is 20.9. The van der Waals surface area contributed by atoms with Gasteiger partial charge in [0.15, 0.2) is 5.96 Å². The molecule has 0 aliphatic carbocycles. The number of hydrogen-bond donors (Lipinski definition) is 2. The van der Waals surface area contributed by atoms with E-state index in [1.54, 1.807) is 12.5 Å². The molecule has 0 unspecified atom stereocenters. The Kier molecular flexibility index (Phi) is 8.25. The van der Waals surface area contributed by atoms with E-state index in [1.165, 1.54) is 11.1 Å². The van der Waals surface area contributed by atoms with Crippen molar-refractivity contribution >= 4 is 29.9 Å². The number of nitrogens with zero attached hydrogens (tertiary/aromatic N) is 4. The Hall–Kier alpha value is -2.42. The monoisotopic (exact) mass is 476 g/mol. The molecule has 3 aromatic rings. The molecule has 27 heavy (non-hydrogen) atoms. The van der Waals surface area contributed by atoms with Gasteiger partial charge in [-0.05, 0) is 31.0 Å². The standard InChI is InChI=1S/C20H24N6.HI/c1-3-22-20(24-12-17-6-4-16(2)5-7-17)25-14-18-8-9-19(23-13-18)26-11-10-21-15-26;/h4-11,13,15H,3,12,14H2,1-2H3,(H2,22,24,25);1H. The second-order valence-electron chi connectivity index (χ2n) is 6.03. The van der Waals surface area contributed by atoms with Crippen molar-refractivity contribution in [3.63, 3.8) is 0 Å². The van der Waals surface area contributed by atoms with Crippen LogP contribution < -0.4 is 10.6 Å². The Morgan fingerprint density at radius 2 is 1.85 bits per heavy atom. The Labute approximate surface area is 177 Å². The van der Waals surface area contributed by atoms with Crippen LogP contribution in [0.5, 0.6) is 0 Å². The highest BCUT2D eigenvalue weighted by molar-refractivity contribution is 14.0. The summed E-state index contributed by atoms with van der Waals surface area (Å²) in [6.07, 6.45) is 7.20. The smallest absolute Gasteiger partial charge is 0.191 e. The molecule has 0 amide bonds. The van der Waals surface area contributed by atoms with Crippen molar-refractivity contribution in [1.82, 2.24) is 25.2 Å². The van der Waals surface area contributed by atoms with Crippen LogP contribution >= 0.6 is 24.0 Å². The van der Waals surface area contributed by atoms with Gasteiger partial charge in [0, 0.05) is 31.7 Å². The molecule has 3 rings (SSSR count). The number of imidazole rings is 1. The number of aromatic nitrogens is 3. The van der Waals surface area contributed by atoms with Crippen molar-refractivity contribution in [2.45, 2.75) is 26.9 Å². The molecule has 0 bridgehead atoms. The highest BCUT2D eigenvalue weighted by Gasteiger charge is 2.01. The number of hydrogen-bond acceptors (Lipinski definition) is 3. The summed E-state index contributed by atoms with van der Waals surface area (Å²) in [7, 11) is 0. The maximum atomic E-state index is 4.64. The summed E-state index contributed by atoms with van der Waals surface area (Å²) in [4.78, 5) is 13.1. The highest BCUT2D eigenvalue weighted by Crippen LogP contribution is 2.06. The lowest BCUT2D eigenvalue weighted by Crippen LogP contribution is -2.36. The second kappa shape index (κ2) is 10.7. The van der Waals surface area contributed by atoms with Crippen molar-refractivity contribution in [3.05, 3.63) is 78.0 Å². The molecule has 0 radical (unpaired) electrons. The van der Waals surface area contributed by atoms with E-state index in [1.807, 2.05) is 29.1 Å². The SMILES string of the molecule is CCNC(=NCc1ccc(-n2ccnc2)nc1)NCc1ccc(C)cc1.I. The normalized spacial score (nSPS) is 11.0. The Balaban J connectivity index is 0.00000261. The third-order valence-corrected chi connectivity index (χ3v) is 3.92. The summed E-state index contributed by atoms with van der Waals surface area (Å²) in [6.45, 7) is 6.28. The van der Waals surface area contributed by atoms with Gasteiger partial charge in [-0.25, -0.2) is 15.0 Å². The molecule has 0 aliphatic heterocycles. The molecule has 2 heterocycles. The average molecular weight is 476 g/mol. The van der Waals surface area contributed by atoms with Gasteiger partial charge >= 0.3 is 0 Å². The van der Waals surface area contributed by atoms with Gasteiger partial charge in [-0.2, -0.15) is 0 Å². The van der Waals surface area contributed by atoms with Crippen LogP contribution in [0.4, 0.5) is 0 Å². The summed E-state index contributed by atoms with van der Waals surface area (Å²) in [5.74, 6) is 1.64. The fourth-order valence-corrected chi connectivity index (χ4v) is 2.46. The van der Waals surface area contributed by atoms with Crippen LogP contribution in [0.2, 0.25) is 0 Å². The van der Waals surface area contributed by atoms with Crippen molar-refractivity contribution in [3.8, 4) is 5.82 Å². The van der Waals surface area contributed by atoms with Crippen LogP contribution in [-0.4, -0.2) is 27.0 Å². The lowest BCUT2D eigenvalue weighted by molar-refractivity contribution is 0.815. The number of pyridine rings is 1. The average Bonchev–Trinajstić information content (AvgIpc) is 3.20. The fourth-order valence-electron chi connectivity index (χ4n) is 2.46. The van der Waals surface area contributed by atoms with Gasteiger partial charge in [0.1, 0.15) is 12.1 Å². The zero-order chi connectivity index (χ0) is 18.2. The summed E-state index contributed by atoms with van der Waals surface area (Å²) >= 11 is 0. The van der Waals surface area contributed by atoms with Gasteiger partial charge in [0.25, 0.3) is 0 Å². The molecule has 0 atom stereocenters. The van der Waals surface area contributed by atoms with Gasteiger partial charge in [-0.3, -0.25) is 4.57 Å². The molecule has 0 spiro atoms. The van der Waals surface area contributed by atoms with Crippen LogP contribution in [0.15, 0.2) is 66.3 Å². The lowest BCUT2D eigenvalue weighted by atomic mass is 10.1. The van der Waals surface area contributed by atoms with Crippen LogP contribution in [0.1, 0.15) is 23.6 Å². The number of guanidine groups is 1. The number of aryl methyl sites for hydroxylation is 1. The molecule has 0 aliphatic rings. The summed E-state index contributed by atoms with van der Waals surface area (Å²) in [6, 6.07) is 12.5. The van der Waals surface area contributed by atoms with E-state index in [0.29, 0.717) is 6.54 Å². The van der Waals surface area contributed by atoms with E-state index in [-0.39, 0.29) is 24.0 Å². The van der Waals surface area contributed by atoms with E-state index in [0.717, 1.165) is 30.4 Å². The van der Waals surface area contributed by atoms with Gasteiger partial charge in [0.05, 0.1) is 6.54 Å². The van der Waals surface area contributed by atoms with Gasteiger partial charge < -0.3 is 10.6 Å². The predicted octanol–water partition coefficient (Wildman–Crippen LogP) is 3.45. The Morgan fingerprint density at radius 1 is 1.07 bits per heavy atom. The van der Waals surface area contributed by atoms with E-state index in [4.69, 9.17) is 0 Å². The van der Waals surface area contributed by atoms with Crippen molar-refractivity contribution < 1.29 is 0 Å². The fraction of sp³-hybridized carbons (Fsp3) is 0.250. The van der Waals surface area contributed by atoms with Crippen LogP contribution in [-0.2, 0) is 13.1 Å². The predicted molar refractivity (Wildman–Crippen MR) is 120 cm³/mol. The summed E-state index contributed by atoms with van der Waals surface area (Å²) in [5, 5.41) is 6.64. The maximum Gasteiger partial charge on any atom is 0.191 e. The number of nitrogens with one attached hydrogen (secondary N) is 2. The number of aliphatic imine (C=N–C) groups is 1. The van der Waals surface area contributed by atoms with Gasteiger partial charge in [0.2, 0.25) is 0 Å². The largest absolute Gasteiger partial charge is 0.357 e. The number of benzene rings is 1. The minimum atomic E-state index is 0. The lowest BCUT2D eigenvalue weighted by Gasteiger charge is -2.11. The minimum Gasteiger partial charge on any atom is -0.357 e. The van der Waals surface area contributed by atoms with Crippen molar-refractivity contribution in [2.75, 3.05) is 6.54 Å². The molecule has 142 valence electrons. The topological polar surface area (TPSA) is 67.1 Å². The van der Waals surface area contributed by atoms with E-state index >= 15 is 0 Å². The molecule has 0 saturated heterocycles.